The summed E-state index contributed by atoms with van der Waals surface area (Å²) in [4.78, 5) is 49.2. The fourth-order valence-corrected chi connectivity index (χ4v) is 3.42. The van der Waals surface area contributed by atoms with Crippen LogP contribution in [0.25, 0.3) is 6.08 Å². The first-order valence-electron chi connectivity index (χ1n) is 8.70. The van der Waals surface area contributed by atoms with Crippen molar-refractivity contribution in [3.63, 3.8) is 0 Å². The smallest absolute Gasteiger partial charge is 0.343 e. The zero-order valence-electron chi connectivity index (χ0n) is 16.1. The Balaban J connectivity index is 1.84. The van der Waals surface area contributed by atoms with Crippen LogP contribution in [0.2, 0.25) is 0 Å². The van der Waals surface area contributed by atoms with Crippen molar-refractivity contribution in [3.8, 4) is 11.5 Å². The average molecular weight is 427 g/mol. The molecule has 0 radical (unpaired) electrons. The average Bonchev–Trinajstić information content (AvgIpc) is 3.01. The molecule has 1 aliphatic rings. The van der Waals surface area contributed by atoms with Gasteiger partial charge in [0.05, 0.1) is 24.7 Å². The summed E-state index contributed by atoms with van der Waals surface area (Å²) in [5.41, 5.74) is 0.879. The van der Waals surface area contributed by atoms with Crippen LogP contribution in [0.1, 0.15) is 15.9 Å². The number of imide groups is 1. The summed E-state index contributed by atoms with van der Waals surface area (Å²) >= 11 is 0.707. The van der Waals surface area contributed by atoms with Crippen molar-refractivity contribution >= 4 is 40.9 Å². The molecule has 0 spiro atoms. The first-order valence-corrected chi connectivity index (χ1v) is 9.52. The van der Waals surface area contributed by atoms with Crippen LogP contribution in [-0.4, -0.2) is 48.7 Å². The molecule has 0 saturated carbocycles. The largest absolute Gasteiger partial charge is 0.493 e. The maximum atomic E-state index is 12.4. The van der Waals surface area contributed by atoms with E-state index in [4.69, 9.17) is 9.47 Å². The Labute approximate surface area is 176 Å². The number of carbonyl (C=O) groups is 4. The van der Waals surface area contributed by atoms with Gasteiger partial charge in [0.2, 0.25) is 0 Å². The Kier molecular flexibility index (Phi) is 6.53. The third kappa shape index (κ3) is 4.69. The van der Waals surface area contributed by atoms with Crippen LogP contribution in [0.15, 0.2) is 53.4 Å². The molecule has 1 heterocycles. The lowest BCUT2D eigenvalue weighted by molar-refractivity contribution is -0.143. The lowest BCUT2D eigenvalue weighted by Crippen LogP contribution is -2.34. The number of nitrogens with zero attached hydrogens (tertiary/aromatic N) is 1. The quantitative estimate of drug-likeness (QED) is 0.394. The number of esters is 2. The Morgan fingerprint density at radius 3 is 2.43 bits per heavy atom. The zero-order chi connectivity index (χ0) is 21.7. The molecule has 30 heavy (non-hydrogen) atoms. The van der Waals surface area contributed by atoms with E-state index in [0.717, 1.165) is 4.90 Å². The molecular formula is C21H17NO7S. The van der Waals surface area contributed by atoms with Gasteiger partial charge in [0.15, 0.2) is 11.5 Å². The SMILES string of the molecule is COC(=O)CN1C(=O)S/C(=C\c2ccc(OC)c(OC(=O)c3ccccc3)c2)C1=O. The fraction of sp³-hybridized carbons (Fsp3) is 0.143. The molecule has 0 N–H and O–H groups in total. The minimum absolute atomic E-state index is 0.134. The number of thioether (sulfide) groups is 1. The van der Waals surface area contributed by atoms with Gasteiger partial charge in [-0.3, -0.25) is 19.3 Å². The monoisotopic (exact) mass is 427 g/mol. The van der Waals surface area contributed by atoms with E-state index in [2.05, 4.69) is 4.74 Å². The summed E-state index contributed by atoms with van der Waals surface area (Å²) in [7, 11) is 2.61. The molecule has 2 amide bonds. The maximum absolute atomic E-state index is 12.4. The Bertz CT molecular complexity index is 1030. The Morgan fingerprint density at radius 1 is 1.03 bits per heavy atom. The lowest BCUT2D eigenvalue weighted by Gasteiger charge is -2.11. The van der Waals surface area contributed by atoms with Crippen LogP contribution in [0.3, 0.4) is 0 Å². The van der Waals surface area contributed by atoms with Gasteiger partial charge in [-0.05, 0) is 47.7 Å². The topological polar surface area (TPSA) is 99.2 Å². The molecule has 3 rings (SSSR count). The zero-order valence-corrected chi connectivity index (χ0v) is 16.9. The van der Waals surface area contributed by atoms with Crippen molar-refractivity contribution < 1.29 is 33.4 Å². The highest BCUT2D eigenvalue weighted by atomic mass is 32.2. The molecule has 1 saturated heterocycles. The predicted octanol–water partition coefficient (Wildman–Crippen LogP) is 3.12. The minimum atomic E-state index is -0.696. The number of amides is 2. The third-order valence-electron chi connectivity index (χ3n) is 4.09. The number of hydrogen-bond donors (Lipinski definition) is 0. The van der Waals surface area contributed by atoms with Crippen molar-refractivity contribution in [2.45, 2.75) is 0 Å². The van der Waals surface area contributed by atoms with E-state index in [-0.39, 0.29) is 10.7 Å². The normalized spacial score (nSPS) is 14.7. The number of benzene rings is 2. The Hall–Kier alpha value is -3.59. The van der Waals surface area contributed by atoms with Crippen LogP contribution in [-0.2, 0) is 14.3 Å². The number of rotatable bonds is 6. The molecule has 1 fully saturated rings. The van der Waals surface area contributed by atoms with Crippen molar-refractivity contribution in [1.82, 2.24) is 4.90 Å². The van der Waals surface area contributed by atoms with E-state index in [1.54, 1.807) is 42.5 Å². The maximum Gasteiger partial charge on any atom is 0.343 e. The molecule has 0 atom stereocenters. The van der Waals surface area contributed by atoms with Crippen molar-refractivity contribution in [2.24, 2.45) is 0 Å². The van der Waals surface area contributed by atoms with Gasteiger partial charge in [0.25, 0.3) is 11.1 Å². The van der Waals surface area contributed by atoms with E-state index in [1.807, 2.05) is 0 Å². The van der Waals surface area contributed by atoms with Gasteiger partial charge in [-0.25, -0.2) is 4.79 Å². The third-order valence-corrected chi connectivity index (χ3v) is 4.99. The van der Waals surface area contributed by atoms with Crippen LogP contribution in [0, 0.1) is 0 Å². The van der Waals surface area contributed by atoms with Crippen molar-refractivity contribution in [3.05, 3.63) is 64.6 Å². The van der Waals surface area contributed by atoms with Crippen LogP contribution >= 0.6 is 11.8 Å². The Morgan fingerprint density at radius 2 is 1.77 bits per heavy atom. The highest BCUT2D eigenvalue weighted by Crippen LogP contribution is 2.34. The summed E-state index contributed by atoms with van der Waals surface area (Å²) < 4.78 is 15.2. The van der Waals surface area contributed by atoms with Gasteiger partial charge < -0.3 is 14.2 Å². The van der Waals surface area contributed by atoms with Gasteiger partial charge in [-0.15, -0.1) is 0 Å². The molecule has 9 heteroatoms. The van der Waals surface area contributed by atoms with Gasteiger partial charge in [-0.1, -0.05) is 24.3 Å². The second-order valence-corrected chi connectivity index (χ2v) is 7.00. The number of hydrogen-bond acceptors (Lipinski definition) is 8. The van der Waals surface area contributed by atoms with E-state index in [0.29, 0.717) is 28.6 Å². The van der Waals surface area contributed by atoms with Gasteiger partial charge in [0, 0.05) is 0 Å². The fourth-order valence-electron chi connectivity index (χ4n) is 2.58. The lowest BCUT2D eigenvalue weighted by atomic mass is 10.1. The van der Waals surface area contributed by atoms with Crippen LogP contribution in [0.5, 0.6) is 11.5 Å². The number of ether oxygens (including phenoxy) is 3. The summed E-state index contributed by atoms with van der Waals surface area (Å²) in [6.07, 6.45) is 1.47. The van der Waals surface area contributed by atoms with E-state index < -0.39 is 29.6 Å². The molecule has 1 aliphatic heterocycles. The molecule has 0 unspecified atom stereocenters. The van der Waals surface area contributed by atoms with E-state index in [1.165, 1.54) is 26.4 Å². The highest BCUT2D eigenvalue weighted by molar-refractivity contribution is 8.18. The molecule has 0 bridgehead atoms. The second kappa shape index (κ2) is 9.27. The van der Waals surface area contributed by atoms with E-state index >= 15 is 0 Å². The van der Waals surface area contributed by atoms with E-state index in [9.17, 15) is 19.2 Å². The standard InChI is InChI=1S/C21H17NO7S/c1-27-15-9-8-13(10-16(15)29-20(25)14-6-4-3-5-7-14)11-17-19(24)22(21(26)30-17)12-18(23)28-2/h3-11H,12H2,1-2H3/b17-11-. The number of carbonyl (C=O) groups excluding carboxylic acids is 4. The molecule has 2 aromatic carbocycles. The molecular weight excluding hydrogens is 410 g/mol. The second-order valence-electron chi connectivity index (χ2n) is 6.01. The van der Waals surface area contributed by atoms with Crippen LogP contribution in [0.4, 0.5) is 4.79 Å². The van der Waals surface area contributed by atoms with Crippen molar-refractivity contribution in [2.75, 3.05) is 20.8 Å². The summed E-state index contributed by atoms with van der Waals surface area (Å²) in [5.74, 6) is -1.37. The first kappa shape index (κ1) is 21.1. The molecule has 0 aromatic heterocycles. The molecule has 2 aromatic rings. The highest BCUT2D eigenvalue weighted by Gasteiger charge is 2.36. The first-order chi connectivity index (χ1) is 14.4. The van der Waals surface area contributed by atoms with Crippen LogP contribution < -0.4 is 9.47 Å². The summed E-state index contributed by atoms with van der Waals surface area (Å²) in [6.45, 7) is -0.457. The van der Waals surface area contributed by atoms with Gasteiger partial charge in [0.1, 0.15) is 6.54 Å². The molecule has 0 aliphatic carbocycles. The van der Waals surface area contributed by atoms with Gasteiger partial charge >= 0.3 is 11.9 Å². The molecule has 154 valence electrons. The molecule has 8 nitrogen and oxygen atoms in total. The van der Waals surface area contributed by atoms with Gasteiger partial charge in [-0.2, -0.15) is 0 Å². The summed E-state index contributed by atoms with van der Waals surface area (Å²) in [6, 6.07) is 13.2. The minimum Gasteiger partial charge on any atom is -0.493 e. The summed E-state index contributed by atoms with van der Waals surface area (Å²) in [5, 5.41) is -0.569. The van der Waals surface area contributed by atoms with Crippen molar-refractivity contribution in [1.29, 1.82) is 0 Å². The predicted molar refractivity (Wildman–Crippen MR) is 109 cm³/mol. The number of methoxy groups -OCH3 is 2.